The van der Waals surface area contributed by atoms with Gasteiger partial charge in [-0.15, -0.1) is 0 Å². The molecule has 0 amide bonds. The molecule has 0 fully saturated rings. The van der Waals surface area contributed by atoms with E-state index in [1.54, 1.807) is 0 Å². The SMILES string of the molecule is Cc1cccc(N(C)Cc2ccc(CNC(C)C)cn2)c1. The molecule has 2 aromatic rings. The summed E-state index contributed by atoms with van der Waals surface area (Å²) >= 11 is 0. The number of benzene rings is 1. The van der Waals surface area contributed by atoms with E-state index in [2.05, 4.69) is 79.4 Å². The molecule has 0 spiro atoms. The maximum Gasteiger partial charge on any atom is 0.0598 e. The molecule has 0 saturated heterocycles. The minimum absolute atomic E-state index is 0.497. The molecule has 0 saturated carbocycles. The predicted molar refractivity (Wildman–Crippen MR) is 89.5 cm³/mol. The second-order valence-corrected chi connectivity index (χ2v) is 5.89. The second-order valence-electron chi connectivity index (χ2n) is 5.89. The number of hydrogen-bond acceptors (Lipinski definition) is 3. The van der Waals surface area contributed by atoms with Crippen molar-refractivity contribution < 1.29 is 0 Å². The van der Waals surface area contributed by atoms with Gasteiger partial charge in [0.15, 0.2) is 0 Å². The third-order valence-corrected chi connectivity index (χ3v) is 3.44. The van der Waals surface area contributed by atoms with Crippen LogP contribution in [0.2, 0.25) is 0 Å². The number of nitrogens with zero attached hydrogens (tertiary/aromatic N) is 2. The Hall–Kier alpha value is -1.87. The van der Waals surface area contributed by atoms with Crippen LogP contribution in [0, 0.1) is 6.92 Å². The fourth-order valence-corrected chi connectivity index (χ4v) is 2.17. The van der Waals surface area contributed by atoms with Gasteiger partial charge in [-0.25, -0.2) is 0 Å². The van der Waals surface area contributed by atoms with E-state index in [1.165, 1.54) is 16.8 Å². The molecule has 0 aliphatic carbocycles. The van der Waals surface area contributed by atoms with Crippen LogP contribution in [0.3, 0.4) is 0 Å². The summed E-state index contributed by atoms with van der Waals surface area (Å²) < 4.78 is 0. The Morgan fingerprint density at radius 3 is 2.62 bits per heavy atom. The van der Waals surface area contributed by atoms with Crippen LogP contribution in [0.4, 0.5) is 5.69 Å². The van der Waals surface area contributed by atoms with Crippen LogP contribution in [0.1, 0.15) is 30.7 Å². The molecule has 0 bridgehead atoms. The van der Waals surface area contributed by atoms with Gasteiger partial charge in [0, 0.05) is 31.5 Å². The number of aryl methyl sites for hydroxylation is 1. The third-order valence-electron chi connectivity index (χ3n) is 3.44. The van der Waals surface area contributed by atoms with Gasteiger partial charge in [-0.05, 0) is 36.2 Å². The molecule has 3 heteroatoms. The number of nitrogens with one attached hydrogen (secondary N) is 1. The van der Waals surface area contributed by atoms with Crippen molar-refractivity contribution in [1.82, 2.24) is 10.3 Å². The molecule has 1 heterocycles. The van der Waals surface area contributed by atoms with E-state index in [4.69, 9.17) is 0 Å². The zero-order valence-corrected chi connectivity index (χ0v) is 13.4. The maximum atomic E-state index is 4.56. The molecule has 0 aliphatic rings. The standard InChI is InChI=1S/C18H25N3/c1-14(2)19-11-16-8-9-17(20-12-16)13-21(4)18-7-5-6-15(3)10-18/h5-10,12,14,19H,11,13H2,1-4H3. The Morgan fingerprint density at radius 1 is 1.19 bits per heavy atom. The minimum Gasteiger partial charge on any atom is -0.369 e. The molecule has 3 nitrogen and oxygen atoms in total. The second kappa shape index (κ2) is 7.23. The number of pyridine rings is 1. The lowest BCUT2D eigenvalue weighted by molar-refractivity contribution is 0.587. The first-order chi connectivity index (χ1) is 10.0. The lowest BCUT2D eigenvalue weighted by Crippen LogP contribution is -2.22. The average molecular weight is 283 g/mol. The van der Waals surface area contributed by atoms with Gasteiger partial charge >= 0.3 is 0 Å². The van der Waals surface area contributed by atoms with E-state index >= 15 is 0 Å². The Labute approximate surface area is 128 Å². The van der Waals surface area contributed by atoms with Gasteiger partial charge in [-0.1, -0.05) is 32.0 Å². The van der Waals surface area contributed by atoms with Gasteiger partial charge in [-0.3, -0.25) is 4.98 Å². The first-order valence-corrected chi connectivity index (χ1v) is 7.49. The Bertz CT molecular complexity index is 561. The van der Waals surface area contributed by atoms with E-state index in [0.717, 1.165) is 18.8 Å². The van der Waals surface area contributed by atoms with Gasteiger partial charge in [0.1, 0.15) is 0 Å². The lowest BCUT2D eigenvalue weighted by atomic mass is 10.2. The van der Waals surface area contributed by atoms with Crippen LogP contribution in [-0.2, 0) is 13.1 Å². The van der Waals surface area contributed by atoms with E-state index in [1.807, 2.05) is 6.20 Å². The largest absolute Gasteiger partial charge is 0.369 e. The van der Waals surface area contributed by atoms with Crippen molar-refractivity contribution in [3.8, 4) is 0 Å². The van der Waals surface area contributed by atoms with E-state index in [-0.39, 0.29) is 0 Å². The minimum atomic E-state index is 0.497. The maximum absolute atomic E-state index is 4.56. The molecular formula is C18H25N3. The van der Waals surface area contributed by atoms with Gasteiger partial charge in [0.2, 0.25) is 0 Å². The number of aromatic nitrogens is 1. The monoisotopic (exact) mass is 283 g/mol. The molecule has 1 N–H and O–H groups in total. The Morgan fingerprint density at radius 2 is 2.00 bits per heavy atom. The molecule has 0 unspecified atom stereocenters. The number of rotatable bonds is 6. The lowest BCUT2D eigenvalue weighted by Gasteiger charge is -2.19. The summed E-state index contributed by atoms with van der Waals surface area (Å²) in [5, 5.41) is 3.40. The van der Waals surface area contributed by atoms with Gasteiger partial charge in [-0.2, -0.15) is 0 Å². The molecule has 0 radical (unpaired) electrons. The summed E-state index contributed by atoms with van der Waals surface area (Å²) in [7, 11) is 2.10. The van der Waals surface area contributed by atoms with Crippen LogP contribution in [0.15, 0.2) is 42.6 Å². The summed E-state index contributed by atoms with van der Waals surface area (Å²) in [5.41, 5.74) is 4.82. The molecule has 1 aromatic carbocycles. The smallest absolute Gasteiger partial charge is 0.0598 e. The first-order valence-electron chi connectivity index (χ1n) is 7.49. The predicted octanol–water partition coefficient (Wildman–Crippen LogP) is 3.52. The topological polar surface area (TPSA) is 28.2 Å². The highest BCUT2D eigenvalue weighted by Gasteiger charge is 2.04. The van der Waals surface area contributed by atoms with Gasteiger partial charge < -0.3 is 10.2 Å². The fraction of sp³-hybridized carbons (Fsp3) is 0.389. The van der Waals surface area contributed by atoms with E-state index < -0.39 is 0 Å². The number of hydrogen-bond donors (Lipinski definition) is 1. The molecule has 2 rings (SSSR count). The number of anilines is 1. The average Bonchev–Trinajstić information content (AvgIpc) is 2.46. The van der Waals surface area contributed by atoms with Crippen molar-refractivity contribution in [1.29, 1.82) is 0 Å². The van der Waals surface area contributed by atoms with Crippen molar-refractivity contribution in [3.63, 3.8) is 0 Å². The van der Waals surface area contributed by atoms with Crippen molar-refractivity contribution in [3.05, 3.63) is 59.4 Å². The van der Waals surface area contributed by atoms with Crippen LogP contribution in [0.25, 0.3) is 0 Å². The van der Waals surface area contributed by atoms with Crippen molar-refractivity contribution >= 4 is 5.69 Å². The van der Waals surface area contributed by atoms with Crippen molar-refractivity contribution in [2.45, 2.75) is 39.9 Å². The quantitative estimate of drug-likeness (QED) is 0.879. The van der Waals surface area contributed by atoms with Crippen LogP contribution in [0.5, 0.6) is 0 Å². The van der Waals surface area contributed by atoms with E-state index in [9.17, 15) is 0 Å². The highest BCUT2D eigenvalue weighted by molar-refractivity contribution is 5.47. The molecule has 21 heavy (non-hydrogen) atoms. The van der Waals surface area contributed by atoms with Crippen LogP contribution >= 0.6 is 0 Å². The highest BCUT2D eigenvalue weighted by Crippen LogP contribution is 2.16. The summed E-state index contributed by atoms with van der Waals surface area (Å²) in [6.07, 6.45) is 1.97. The molecule has 0 atom stereocenters. The summed E-state index contributed by atoms with van der Waals surface area (Å²) in [6, 6.07) is 13.3. The Kier molecular flexibility index (Phi) is 5.34. The molecule has 1 aromatic heterocycles. The molecular weight excluding hydrogens is 258 g/mol. The first kappa shape index (κ1) is 15.5. The summed E-state index contributed by atoms with van der Waals surface area (Å²) in [4.78, 5) is 6.79. The van der Waals surface area contributed by atoms with Crippen molar-refractivity contribution in [2.24, 2.45) is 0 Å². The van der Waals surface area contributed by atoms with E-state index in [0.29, 0.717) is 6.04 Å². The van der Waals surface area contributed by atoms with Gasteiger partial charge in [0.25, 0.3) is 0 Å². The van der Waals surface area contributed by atoms with Crippen LogP contribution in [-0.4, -0.2) is 18.1 Å². The van der Waals surface area contributed by atoms with Crippen molar-refractivity contribution in [2.75, 3.05) is 11.9 Å². The zero-order valence-electron chi connectivity index (χ0n) is 13.4. The van der Waals surface area contributed by atoms with Crippen LogP contribution < -0.4 is 10.2 Å². The molecule has 0 aliphatic heterocycles. The fourth-order valence-electron chi connectivity index (χ4n) is 2.17. The highest BCUT2D eigenvalue weighted by atomic mass is 15.1. The third kappa shape index (κ3) is 4.87. The normalized spacial score (nSPS) is 10.9. The Balaban J connectivity index is 1.96. The summed E-state index contributed by atoms with van der Waals surface area (Å²) in [6.45, 7) is 8.11. The summed E-state index contributed by atoms with van der Waals surface area (Å²) in [5.74, 6) is 0. The molecule has 112 valence electrons. The van der Waals surface area contributed by atoms with Gasteiger partial charge in [0.05, 0.1) is 12.2 Å². The zero-order chi connectivity index (χ0) is 15.2.